The van der Waals surface area contributed by atoms with Crippen molar-refractivity contribution in [2.24, 2.45) is 0 Å². The number of phenols is 1. The Morgan fingerprint density at radius 2 is 1.70 bits per heavy atom. The lowest BCUT2D eigenvalue weighted by Crippen LogP contribution is -1.90. The first-order chi connectivity index (χ1) is 14.4. The third-order valence-corrected chi connectivity index (χ3v) is 5.98. The first kappa shape index (κ1) is 19.7. The van der Waals surface area contributed by atoms with Gasteiger partial charge in [0.1, 0.15) is 11.5 Å². The summed E-state index contributed by atoms with van der Waals surface area (Å²) in [6, 6.07) is 20.7. The van der Waals surface area contributed by atoms with Gasteiger partial charge in [0.05, 0.1) is 4.88 Å². The van der Waals surface area contributed by atoms with E-state index in [1.165, 1.54) is 11.6 Å². The molecule has 0 spiro atoms. The second-order valence-corrected chi connectivity index (χ2v) is 8.15. The summed E-state index contributed by atoms with van der Waals surface area (Å²) in [4.78, 5) is 11.9. The van der Waals surface area contributed by atoms with Gasteiger partial charge in [0.2, 0.25) is 0 Å². The van der Waals surface area contributed by atoms with E-state index in [0.717, 1.165) is 31.8 Å². The number of fused-ring (bicyclic) bond motifs is 1. The number of allylic oxidation sites excluding steroid dienone is 1. The molecule has 0 fully saturated rings. The van der Waals surface area contributed by atoms with Crippen molar-refractivity contribution in [2.75, 3.05) is 0 Å². The quantitative estimate of drug-likeness (QED) is 0.349. The molecule has 1 heterocycles. The van der Waals surface area contributed by atoms with E-state index in [1.54, 1.807) is 30.4 Å². The molecule has 2 N–H and O–H groups in total. The van der Waals surface area contributed by atoms with E-state index < -0.39 is 5.97 Å². The van der Waals surface area contributed by atoms with Crippen LogP contribution in [0.3, 0.4) is 0 Å². The highest BCUT2D eigenvalue weighted by Gasteiger charge is 2.16. The second-order valence-electron chi connectivity index (χ2n) is 7.10. The molecule has 0 saturated carbocycles. The molecule has 0 aliphatic rings. The summed E-state index contributed by atoms with van der Waals surface area (Å²) in [6.45, 7) is 3.83. The van der Waals surface area contributed by atoms with E-state index in [2.05, 4.69) is 25.1 Å². The molecule has 4 nitrogen and oxygen atoms in total. The van der Waals surface area contributed by atoms with Crippen molar-refractivity contribution in [3.8, 4) is 27.7 Å². The minimum absolute atomic E-state index is 0.221. The van der Waals surface area contributed by atoms with Crippen molar-refractivity contribution in [3.63, 3.8) is 0 Å². The summed E-state index contributed by atoms with van der Waals surface area (Å²) < 4.78 is 7.44. The molecule has 0 bridgehead atoms. The molecular formula is C25H20O4S. The minimum atomic E-state index is -0.966. The highest BCUT2D eigenvalue weighted by Crippen LogP contribution is 2.46. The number of phenolic OH excluding ortho intramolecular Hbond substituents is 1. The van der Waals surface area contributed by atoms with Crippen LogP contribution in [0.2, 0.25) is 0 Å². The van der Waals surface area contributed by atoms with Gasteiger partial charge in [-0.3, -0.25) is 0 Å². The fraction of sp³-hybridized carbons (Fsp3) is 0.0800. The summed E-state index contributed by atoms with van der Waals surface area (Å²) in [7, 11) is 0. The van der Waals surface area contributed by atoms with Gasteiger partial charge < -0.3 is 14.9 Å². The molecule has 0 amide bonds. The van der Waals surface area contributed by atoms with E-state index >= 15 is 0 Å². The molecular weight excluding hydrogens is 396 g/mol. The Kier molecular flexibility index (Phi) is 5.29. The maximum Gasteiger partial charge on any atom is 0.328 e. The summed E-state index contributed by atoms with van der Waals surface area (Å²) >= 11 is 1.65. The van der Waals surface area contributed by atoms with Crippen LogP contribution in [-0.2, 0) is 4.79 Å². The fourth-order valence-electron chi connectivity index (χ4n) is 3.26. The van der Waals surface area contributed by atoms with Crippen molar-refractivity contribution in [3.05, 3.63) is 83.9 Å². The molecule has 0 unspecified atom stereocenters. The number of carboxylic acids is 1. The standard InChI is InChI=1S/C25H20O4S/c1-15-3-12-21-22(13-15)30-25(18-4-8-19(26)9-5-18)24(21)29-20-10-6-17(7-11-20)16(2)14-23(27)28/h3-14,26H,1-2H3,(H,27,28)/b16-14+. The lowest BCUT2D eigenvalue weighted by Gasteiger charge is -2.09. The van der Waals surface area contributed by atoms with Crippen molar-refractivity contribution in [1.82, 2.24) is 0 Å². The zero-order chi connectivity index (χ0) is 21.3. The predicted octanol–water partition coefficient (Wildman–Crippen LogP) is 6.86. The summed E-state index contributed by atoms with van der Waals surface area (Å²) in [5, 5.41) is 19.6. The lowest BCUT2D eigenvalue weighted by molar-refractivity contribution is -0.131. The number of hydrogen-bond acceptors (Lipinski definition) is 4. The predicted molar refractivity (Wildman–Crippen MR) is 121 cm³/mol. The average Bonchev–Trinajstić information content (AvgIpc) is 3.06. The Morgan fingerprint density at radius 1 is 1.00 bits per heavy atom. The maximum atomic E-state index is 10.9. The average molecular weight is 416 g/mol. The third-order valence-electron chi connectivity index (χ3n) is 4.80. The van der Waals surface area contributed by atoms with Gasteiger partial charge in [-0.15, -0.1) is 11.3 Å². The molecule has 1 aromatic heterocycles. The Hall–Kier alpha value is -3.57. The monoisotopic (exact) mass is 416 g/mol. The Labute approximate surface area is 178 Å². The van der Waals surface area contributed by atoms with Gasteiger partial charge in [0, 0.05) is 16.2 Å². The smallest absolute Gasteiger partial charge is 0.328 e. The molecule has 4 rings (SSSR count). The van der Waals surface area contributed by atoms with Gasteiger partial charge in [0.25, 0.3) is 0 Å². The number of ether oxygens (including phenoxy) is 1. The normalized spacial score (nSPS) is 11.6. The van der Waals surface area contributed by atoms with E-state index in [9.17, 15) is 9.90 Å². The Balaban J connectivity index is 1.75. The second kappa shape index (κ2) is 8.05. The number of benzene rings is 3. The van der Waals surface area contributed by atoms with Crippen LogP contribution >= 0.6 is 11.3 Å². The van der Waals surface area contributed by atoms with E-state index in [-0.39, 0.29) is 5.75 Å². The van der Waals surface area contributed by atoms with Gasteiger partial charge in [-0.2, -0.15) is 0 Å². The highest BCUT2D eigenvalue weighted by atomic mass is 32.1. The van der Waals surface area contributed by atoms with Gasteiger partial charge >= 0.3 is 5.97 Å². The van der Waals surface area contributed by atoms with Crippen LogP contribution in [-0.4, -0.2) is 16.2 Å². The topological polar surface area (TPSA) is 66.8 Å². The molecule has 150 valence electrons. The Bertz CT molecular complexity index is 1250. The maximum absolute atomic E-state index is 10.9. The van der Waals surface area contributed by atoms with Crippen LogP contribution in [0, 0.1) is 6.92 Å². The van der Waals surface area contributed by atoms with Crippen LogP contribution in [0.4, 0.5) is 0 Å². The lowest BCUT2D eigenvalue weighted by atomic mass is 10.1. The van der Waals surface area contributed by atoms with Crippen LogP contribution in [0.15, 0.2) is 72.8 Å². The number of aromatic hydroxyl groups is 1. The minimum Gasteiger partial charge on any atom is -0.508 e. The van der Waals surface area contributed by atoms with Gasteiger partial charge in [-0.05, 0) is 84.6 Å². The fourth-order valence-corrected chi connectivity index (χ4v) is 4.49. The molecule has 4 aromatic rings. The third kappa shape index (κ3) is 4.07. The molecule has 3 aromatic carbocycles. The number of rotatable bonds is 5. The number of aryl methyl sites for hydroxylation is 1. The highest BCUT2D eigenvalue weighted by molar-refractivity contribution is 7.22. The molecule has 0 aliphatic carbocycles. The number of hydrogen-bond donors (Lipinski definition) is 2. The SMILES string of the molecule is C/C(=C\C(=O)O)c1ccc(Oc2c(-c3ccc(O)cc3)sc3cc(C)ccc23)cc1. The summed E-state index contributed by atoms with van der Waals surface area (Å²) in [5.41, 5.74) is 3.65. The zero-order valence-corrected chi connectivity index (χ0v) is 17.4. The van der Waals surface area contributed by atoms with Crippen LogP contribution < -0.4 is 4.74 Å². The summed E-state index contributed by atoms with van der Waals surface area (Å²) in [5.74, 6) is 0.693. The molecule has 0 radical (unpaired) electrons. The number of carbonyl (C=O) groups is 1. The zero-order valence-electron chi connectivity index (χ0n) is 16.5. The summed E-state index contributed by atoms with van der Waals surface area (Å²) in [6.07, 6.45) is 1.19. The van der Waals surface area contributed by atoms with E-state index in [0.29, 0.717) is 11.3 Å². The van der Waals surface area contributed by atoms with E-state index in [1.807, 2.05) is 36.4 Å². The Morgan fingerprint density at radius 3 is 2.37 bits per heavy atom. The molecule has 0 saturated heterocycles. The molecule has 30 heavy (non-hydrogen) atoms. The first-order valence-electron chi connectivity index (χ1n) is 9.43. The van der Waals surface area contributed by atoms with Crippen LogP contribution in [0.1, 0.15) is 18.1 Å². The first-order valence-corrected chi connectivity index (χ1v) is 10.2. The van der Waals surface area contributed by atoms with E-state index in [4.69, 9.17) is 9.84 Å². The number of carboxylic acid groups (broad SMARTS) is 1. The molecule has 0 atom stereocenters. The van der Waals surface area contributed by atoms with Gasteiger partial charge in [0.15, 0.2) is 5.75 Å². The molecule has 0 aliphatic heterocycles. The van der Waals surface area contributed by atoms with Crippen LogP contribution in [0.5, 0.6) is 17.2 Å². The van der Waals surface area contributed by atoms with Crippen molar-refractivity contribution < 1.29 is 19.7 Å². The van der Waals surface area contributed by atoms with Gasteiger partial charge in [-0.1, -0.05) is 18.2 Å². The van der Waals surface area contributed by atoms with Crippen molar-refractivity contribution in [2.45, 2.75) is 13.8 Å². The van der Waals surface area contributed by atoms with Crippen molar-refractivity contribution >= 4 is 33.0 Å². The van der Waals surface area contributed by atoms with Gasteiger partial charge in [-0.25, -0.2) is 4.79 Å². The number of aliphatic carboxylic acids is 1. The largest absolute Gasteiger partial charge is 0.508 e. The number of thiophene rings is 1. The molecule has 5 heteroatoms. The van der Waals surface area contributed by atoms with Crippen molar-refractivity contribution in [1.29, 1.82) is 0 Å². The van der Waals surface area contributed by atoms with Crippen LogP contribution in [0.25, 0.3) is 26.1 Å².